The summed E-state index contributed by atoms with van der Waals surface area (Å²) in [6.45, 7) is 1.16. The number of amides is 2. The zero-order valence-corrected chi connectivity index (χ0v) is 22.3. The number of aromatic nitrogens is 2. The van der Waals surface area contributed by atoms with Gasteiger partial charge in [-0.3, -0.25) is 23.5 Å². The van der Waals surface area contributed by atoms with E-state index in [1.807, 2.05) is 0 Å². The van der Waals surface area contributed by atoms with Gasteiger partial charge in [0.25, 0.3) is 5.56 Å². The van der Waals surface area contributed by atoms with Gasteiger partial charge in [0.1, 0.15) is 12.4 Å². The number of carbonyl (C=O) groups excluding carboxylic acids is 2. The van der Waals surface area contributed by atoms with Crippen LogP contribution in [0.5, 0.6) is 11.5 Å². The molecule has 1 aliphatic carbocycles. The molecule has 0 bridgehead atoms. The number of ether oxygens (including phenoxy) is 2. The SMILES string of the molecule is COc1cc2c(=O)n(CCCC(=O)NC3CCCC3)c(=O)n(CC(=O)Nc3ccc(C)c(F)c3)c2cc1OC. The molecule has 0 unspecified atom stereocenters. The summed E-state index contributed by atoms with van der Waals surface area (Å²) in [6, 6.07) is 7.40. The van der Waals surface area contributed by atoms with Crippen molar-refractivity contribution in [2.24, 2.45) is 0 Å². The Kier molecular flexibility index (Phi) is 8.68. The Labute approximate surface area is 224 Å². The van der Waals surface area contributed by atoms with Crippen LogP contribution in [0, 0.1) is 12.7 Å². The van der Waals surface area contributed by atoms with E-state index in [4.69, 9.17) is 9.47 Å². The Morgan fingerprint density at radius 3 is 2.36 bits per heavy atom. The van der Waals surface area contributed by atoms with E-state index in [2.05, 4.69) is 10.6 Å². The van der Waals surface area contributed by atoms with Crippen molar-refractivity contribution >= 4 is 28.4 Å². The Morgan fingerprint density at radius 2 is 1.69 bits per heavy atom. The molecule has 1 saturated carbocycles. The Morgan fingerprint density at radius 1 is 1.00 bits per heavy atom. The number of hydrogen-bond acceptors (Lipinski definition) is 6. The maximum absolute atomic E-state index is 14.0. The molecule has 1 heterocycles. The Balaban J connectivity index is 1.65. The normalized spacial score (nSPS) is 13.4. The average Bonchev–Trinajstić information content (AvgIpc) is 3.42. The third-order valence-corrected chi connectivity index (χ3v) is 6.99. The molecule has 2 N–H and O–H groups in total. The first-order chi connectivity index (χ1) is 18.7. The van der Waals surface area contributed by atoms with Crippen molar-refractivity contribution in [2.45, 2.75) is 64.6 Å². The second-order valence-corrected chi connectivity index (χ2v) is 9.71. The number of benzene rings is 2. The highest BCUT2D eigenvalue weighted by Gasteiger charge is 2.20. The van der Waals surface area contributed by atoms with Crippen molar-refractivity contribution in [3.05, 3.63) is 62.6 Å². The summed E-state index contributed by atoms with van der Waals surface area (Å²) in [5.41, 5.74) is -0.421. The van der Waals surface area contributed by atoms with Crippen LogP contribution in [-0.2, 0) is 22.7 Å². The number of anilines is 1. The van der Waals surface area contributed by atoms with Crippen LogP contribution >= 0.6 is 0 Å². The summed E-state index contributed by atoms with van der Waals surface area (Å²) in [5, 5.41) is 5.74. The Hall–Kier alpha value is -4.15. The minimum atomic E-state index is -0.707. The second kappa shape index (κ2) is 12.1. The highest BCUT2D eigenvalue weighted by atomic mass is 19.1. The first-order valence-electron chi connectivity index (χ1n) is 13.0. The number of nitrogens with one attached hydrogen (secondary N) is 2. The fourth-order valence-corrected chi connectivity index (χ4v) is 4.88. The van der Waals surface area contributed by atoms with E-state index in [1.165, 1.54) is 38.5 Å². The summed E-state index contributed by atoms with van der Waals surface area (Å²) < 4.78 is 26.8. The van der Waals surface area contributed by atoms with Crippen molar-refractivity contribution in [3.63, 3.8) is 0 Å². The molecular weight excluding hydrogens is 507 g/mol. The molecular formula is C28H33FN4O6. The second-order valence-electron chi connectivity index (χ2n) is 9.71. The predicted octanol–water partition coefficient (Wildman–Crippen LogP) is 3.11. The number of nitrogens with zero attached hydrogens (tertiary/aromatic N) is 2. The third-order valence-electron chi connectivity index (χ3n) is 6.99. The first-order valence-corrected chi connectivity index (χ1v) is 13.0. The van der Waals surface area contributed by atoms with Gasteiger partial charge in [-0.2, -0.15) is 0 Å². The van der Waals surface area contributed by atoms with Crippen molar-refractivity contribution in [2.75, 3.05) is 19.5 Å². The molecule has 11 heteroatoms. The van der Waals surface area contributed by atoms with Crippen LogP contribution in [0.1, 0.15) is 44.1 Å². The van der Waals surface area contributed by atoms with Gasteiger partial charge in [-0.05, 0) is 49.9 Å². The van der Waals surface area contributed by atoms with Crippen LogP contribution in [0.3, 0.4) is 0 Å². The zero-order valence-electron chi connectivity index (χ0n) is 22.3. The quantitative estimate of drug-likeness (QED) is 0.408. The lowest BCUT2D eigenvalue weighted by molar-refractivity contribution is -0.122. The van der Waals surface area contributed by atoms with Crippen LogP contribution in [0.4, 0.5) is 10.1 Å². The first kappa shape index (κ1) is 27.9. The molecule has 0 spiro atoms. The van der Waals surface area contributed by atoms with Crippen molar-refractivity contribution < 1.29 is 23.5 Å². The van der Waals surface area contributed by atoms with Crippen molar-refractivity contribution in [3.8, 4) is 11.5 Å². The number of methoxy groups -OCH3 is 2. The molecule has 0 aliphatic heterocycles. The van der Waals surface area contributed by atoms with Gasteiger partial charge < -0.3 is 20.1 Å². The van der Waals surface area contributed by atoms with Gasteiger partial charge in [0.2, 0.25) is 11.8 Å². The summed E-state index contributed by atoms with van der Waals surface area (Å²) in [4.78, 5) is 52.2. The fourth-order valence-electron chi connectivity index (χ4n) is 4.88. The summed E-state index contributed by atoms with van der Waals surface area (Å²) >= 11 is 0. The van der Waals surface area contributed by atoms with E-state index in [-0.39, 0.29) is 59.4 Å². The van der Waals surface area contributed by atoms with Crippen LogP contribution in [0.15, 0.2) is 39.9 Å². The number of aryl methyl sites for hydroxylation is 1. The number of fused-ring (bicyclic) bond motifs is 1. The zero-order chi connectivity index (χ0) is 28.1. The van der Waals surface area contributed by atoms with Crippen LogP contribution < -0.4 is 31.4 Å². The van der Waals surface area contributed by atoms with E-state index in [1.54, 1.807) is 13.0 Å². The third kappa shape index (κ3) is 6.30. The lowest BCUT2D eigenvalue weighted by Gasteiger charge is -2.17. The minimum Gasteiger partial charge on any atom is -0.493 e. The molecule has 2 aromatic carbocycles. The molecule has 0 radical (unpaired) electrons. The molecule has 0 saturated heterocycles. The number of carbonyl (C=O) groups is 2. The highest BCUT2D eigenvalue weighted by Crippen LogP contribution is 2.30. The van der Waals surface area contributed by atoms with Crippen molar-refractivity contribution in [1.82, 2.24) is 14.5 Å². The van der Waals surface area contributed by atoms with E-state index >= 15 is 0 Å². The molecule has 4 rings (SSSR count). The molecule has 1 aromatic heterocycles. The summed E-state index contributed by atoms with van der Waals surface area (Å²) in [5.74, 6) is -0.614. The van der Waals surface area contributed by atoms with Gasteiger partial charge >= 0.3 is 5.69 Å². The lowest BCUT2D eigenvalue weighted by atomic mass is 10.2. The molecule has 2 amide bonds. The molecule has 1 aliphatic rings. The molecule has 10 nitrogen and oxygen atoms in total. The van der Waals surface area contributed by atoms with E-state index in [0.29, 0.717) is 5.56 Å². The largest absolute Gasteiger partial charge is 0.493 e. The average molecular weight is 541 g/mol. The van der Waals surface area contributed by atoms with Crippen LogP contribution in [0.2, 0.25) is 0 Å². The van der Waals surface area contributed by atoms with Crippen LogP contribution in [0.25, 0.3) is 10.9 Å². The molecule has 39 heavy (non-hydrogen) atoms. The molecule has 3 aromatic rings. The van der Waals surface area contributed by atoms with Gasteiger partial charge in [0.15, 0.2) is 11.5 Å². The summed E-state index contributed by atoms with van der Waals surface area (Å²) in [7, 11) is 2.85. The smallest absolute Gasteiger partial charge is 0.331 e. The maximum Gasteiger partial charge on any atom is 0.331 e. The van der Waals surface area contributed by atoms with Gasteiger partial charge in [0, 0.05) is 30.8 Å². The van der Waals surface area contributed by atoms with E-state index in [9.17, 15) is 23.6 Å². The standard InChI is InChI=1S/C28H33FN4O6/c1-17-10-11-19(13-21(17)29)31-26(35)16-33-22-15-24(39-3)23(38-2)14-20(22)27(36)32(28(33)37)12-6-9-25(34)30-18-7-4-5-8-18/h10-11,13-15,18H,4-9,12,16H2,1-3H3,(H,30,34)(H,31,35). The Bertz CT molecular complexity index is 1510. The topological polar surface area (TPSA) is 121 Å². The monoisotopic (exact) mass is 540 g/mol. The number of hydrogen-bond donors (Lipinski definition) is 2. The van der Waals surface area contributed by atoms with Gasteiger partial charge in [0.05, 0.1) is 25.1 Å². The van der Waals surface area contributed by atoms with E-state index < -0.39 is 29.5 Å². The van der Waals surface area contributed by atoms with Gasteiger partial charge in [-0.15, -0.1) is 0 Å². The number of rotatable bonds is 10. The lowest BCUT2D eigenvalue weighted by Crippen LogP contribution is -2.42. The maximum atomic E-state index is 14.0. The van der Waals surface area contributed by atoms with Crippen molar-refractivity contribution in [1.29, 1.82) is 0 Å². The van der Waals surface area contributed by atoms with Gasteiger partial charge in [-0.25, -0.2) is 9.18 Å². The van der Waals surface area contributed by atoms with E-state index in [0.717, 1.165) is 34.8 Å². The highest BCUT2D eigenvalue weighted by molar-refractivity contribution is 5.92. The fraction of sp³-hybridized carbons (Fsp3) is 0.429. The van der Waals surface area contributed by atoms with Gasteiger partial charge in [-0.1, -0.05) is 18.9 Å². The number of halogens is 1. The predicted molar refractivity (Wildman–Crippen MR) is 145 cm³/mol. The molecule has 1 fully saturated rings. The molecule has 0 atom stereocenters. The minimum absolute atomic E-state index is 0.00910. The molecule has 208 valence electrons. The van der Waals surface area contributed by atoms with Crippen LogP contribution in [-0.4, -0.2) is 41.2 Å². The summed E-state index contributed by atoms with van der Waals surface area (Å²) in [6.07, 6.45) is 4.54.